The number of piperazine rings is 1. The maximum atomic E-state index is 13.0. The van der Waals surface area contributed by atoms with Gasteiger partial charge in [0.2, 0.25) is 11.8 Å². The van der Waals surface area contributed by atoms with E-state index in [2.05, 4.69) is 24.1 Å². The van der Waals surface area contributed by atoms with Gasteiger partial charge in [-0.2, -0.15) is 0 Å². The Bertz CT molecular complexity index is 464. The van der Waals surface area contributed by atoms with E-state index in [0.717, 1.165) is 52.0 Å². The topological polar surface area (TPSA) is 52.7 Å². The Morgan fingerprint density at radius 1 is 1.04 bits per heavy atom. The van der Waals surface area contributed by atoms with Gasteiger partial charge in [-0.05, 0) is 37.5 Å². The molecule has 25 heavy (non-hydrogen) atoms. The van der Waals surface area contributed by atoms with Crippen molar-refractivity contribution in [3.63, 3.8) is 0 Å². The third-order valence-corrected chi connectivity index (χ3v) is 6.38. The zero-order valence-corrected chi connectivity index (χ0v) is 16.0. The molecule has 0 aromatic heterocycles. The van der Waals surface area contributed by atoms with E-state index in [9.17, 15) is 9.59 Å². The first kappa shape index (κ1) is 18.7. The zero-order chi connectivity index (χ0) is 17.8. The van der Waals surface area contributed by atoms with Gasteiger partial charge in [0.05, 0.1) is 6.04 Å². The fourth-order valence-electron chi connectivity index (χ4n) is 4.28. The second-order valence-electron chi connectivity index (χ2n) is 8.38. The van der Waals surface area contributed by atoms with Crippen LogP contribution in [0.1, 0.15) is 58.8 Å². The molecule has 3 fully saturated rings. The molecule has 1 saturated heterocycles. The van der Waals surface area contributed by atoms with Gasteiger partial charge in [0.1, 0.15) is 0 Å². The third-order valence-electron chi connectivity index (χ3n) is 6.38. The zero-order valence-electron chi connectivity index (χ0n) is 16.0. The molecular formula is C20H35N3O2. The van der Waals surface area contributed by atoms with Crippen LogP contribution in [-0.4, -0.2) is 60.4 Å². The van der Waals surface area contributed by atoms with Crippen molar-refractivity contribution in [3.8, 4) is 0 Å². The lowest BCUT2D eigenvalue weighted by Gasteiger charge is -2.41. The lowest BCUT2D eigenvalue weighted by atomic mass is 9.94. The van der Waals surface area contributed by atoms with Crippen LogP contribution in [0.4, 0.5) is 0 Å². The minimum Gasteiger partial charge on any atom is -0.354 e. The van der Waals surface area contributed by atoms with Crippen molar-refractivity contribution >= 4 is 11.8 Å². The van der Waals surface area contributed by atoms with Gasteiger partial charge in [-0.15, -0.1) is 0 Å². The highest BCUT2D eigenvalue weighted by Gasteiger charge is 2.39. The molecular weight excluding hydrogens is 314 g/mol. The largest absolute Gasteiger partial charge is 0.354 e. The first-order valence-corrected chi connectivity index (χ1v) is 10.4. The third kappa shape index (κ3) is 4.75. The summed E-state index contributed by atoms with van der Waals surface area (Å²) in [6, 6.07) is 0.00438. The number of nitrogens with one attached hydrogen (secondary N) is 1. The molecule has 2 aliphatic carbocycles. The van der Waals surface area contributed by atoms with Gasteiger partial charge < -0.3 is 10.2 Å². The minimum absolute atomic E-state index is 0.00438. The van der Waals surface area contributed by atoms with E-state index in [1.165, 1.54) is 25.7 Å². The highest BCUT2D eigenvalue weighted by Crippen LogP contribution is 2.33. The molecule has 142 valence electrons. The van der Waals surface area contributed by atoms with Crippen LogP contribution in [0.5, 0.6) is 0 Å². The Morgan fingerprint density at radius 2 is 1.68 bits per heavy atom. The quantitative estimate of drug-likeness (QED) is 0.767. The smallest absolute Gasteiger partial charge is 0.237 e. The predicted octanol–water partition coefficient (Wildman–Crippen LogP) is 2.26. The van der Waals surface area contributed by atoms with Gasteiger partial charge in [-0.25, -0.2) is 0 Å². The van der Waals surface area contributed by atoms with Crippen LogP contribution < -0.4 is 5.32 Å². The van der Waals surface area contributed by atoms with E-state index in [0.29, 0.717) is 23.7 Å². The average Bonchev–Trinajstić information content (AvgIpc) is 3.36. The number of hydrogen-bond acceptors (Lipinski definition) is 3. The Labute approximate surface area is 152 Å². The van der Waals surface area contributed by atoms with Gasteiger partial charge in [-0.3, -0.25) is 14.5 Å². The molecule has 5 nitrogen and oxygen atoms in total. The SMILES string of the molecule is CC[C@H](C)CNC(=O)[C@H](C1CCCC1)N1CCN(C(=O)C2CC2)CC1. The maximum Gasteiger partial charge on any atom is 0.237 e. The molecule has 3 aliphatic rings. The number of carbonyl (C=O) groups is 2. The molecule has 5 heteroatoms. The normalized spacial score (nSPS) is 25.0. The predicted molar refractivity (Wildman–Crippen MR) is 99.1 cm³/mol. The fraction of sp³-hybridized carbons (Fsp3) is 0.900. The van der Waals surface area contributed by atoms with Crippen LogP contribution in [0.15, 0.2) is 0 Å². The van der Waals surface area contributed by atoms with Crippen molar-refractivity contribution in [2.24, 2.45) is 17.8 Å². The van der Waals surface area contributed by atoms with Gasteiger partial charge >= 0.3 is 0 Å². The molecule has 0 bridgehead atoms. The van der Waals surface area contributed by atoms with Crippen LogP contribution in [0.2, 0.25) is 0 Å². The highest BCUT2D eigenvalue weighted by atomic mass is 16.2. The van der Waals surface area contributed by atoms with Gasteiger partial charge in [0, 0.05) is 38.6 Å². The van der Waals surface area contributed by atoms with E-state index in [-0.39, 0.29) is 11.9 Å². The maximum absolute atomic E-state index is 13.0. The minimum atomic E-state index is 0.00438. The Balaban J connectivity index is 1.57. The van der Waals surface area contributed by atoms with Gasteiger partial charge in [0.25, 0.3) is 0 Å². The van der Waals surface area contributed by atoms with Crippen LogP contribution in [-0.2, 0) is 9.59 Å². The fourth-order valence-corrected chi connectivity index (χ4v) is 4.28. The molecule has 0 radical (unpaired) electrons. The van der Waals surface area contributed by atoms with E-state index in [4.69, 9.17) is 0 Å². The van der Waals surface area contributed by atoms with Crippen molar-refractivity contribution in [1.29, 1.82) is 0 Å². The summed E-state index contributed by atoms with van der Waals surface area (Å²) in [4.78, 5) is 29.6. The van der Waals surface area contributed by atoms with Gasteiger partial charge in [0.15, 0.2) is 0 Å². The summed E-state index contributed by atoms with van der Waals surface area (Å²) >= 11 is 0. The average molecular weight is 350 g/mol. The monoisotopic (exact) mass is 349 g/mol. The summed E-state index contributed by atoms with van der Waals surface area (Å²) in [5.74, 6) is 1.88. The summed E-state index contributed by atoms with van der Waals surface area (Å²) in [6.45, 7) is 8.40. The number of rotatable bonds is 7. The van der Waals surface area contributed by atoms with Crippen molar-refractivity contribution in [2.45, 2.75) is 64.8 Å². The molecule has 0 spiro atoms. The van der Waals surface area contributed by atoms with Crippen molar-refractivity contribution in [2.75, 3.05) is 32.7 Å². The summed E-state index contributed by atoms with van der Waals surface area (Å²) < 4.78 is 0. The van der Waals surface area contributed by atoms with Gasteiger partial charge in [-0.1, -0.05) is 33.1 Å². The standard InChI is InChI=1S/C20H35N3O2/c1-3-15(2)14-21-19(24)18(16-6-4-5-7-16)22-10-12-23(13-11-22)20(25)17-8-9-17/h15-18H,3-14H2,1-2H3,(H,21,24)/t15-,18-/m0/s1. The summed E-state index contributed by atoms with van der Waals surface area (Å²) in [5, 5.41) is 3.21. The lowest BCUT2D eigenvalue weighted by molar-refractivity contribution is -0.136. The van der Waals surface area contributed by atoms with Crippen molar-refractivity contribution in [1.82, 2.24) is 15.1 Å². The first-order valence-electron chi connectivity index (χ1n) is 10.4. The first-order chi connectivity index (χ1) is 12.1. The number of carbonyl (C=O) groups excluding carboxylic acids is 2. The number of amides is 2. The van der Waals surface area contributed by atoms with Crippen LogP contribution in [0.25, 0.3) is 0 Å². The second-order valence-corrected chi connectivity index (χ2v) is 8.38. The van der Waals surface area contributed by atoms with E-state index in [1.54, 1.807) is 0 Å². The Morgan fingerprint density at radius 3 is 2.24 bits per heavy atom. The molecule has 2 saturated carbocycles. The lowest BCUT2D eigenvalue weighted by Crippen LogP contribution is -2.58. The number of nitrogens with zero attached hydrogens (tertiary/aromatic N) is 2. The molecule has 1 heterocycles. The molecule has 2 amide bonds. The molecule has 0 aromatic carbocycles. The summed E-state index contributed by atoms with van der Waals surface area (Å²) in [7, 11) is 0. The molecule has 0 aromatic rings. The van der Waals surface area contributed by atoms with Crippen LogP contribution >= 0.6 is 0 Å². The Kier molecular flexibility index (Phi) is 6.37. The van der Waals surface area contributed by atoms with E-state index in [1.807, 2.05) is 4.90 Å². The Hall–Kier alpha value is -1.10. The number of hydrogen-bond donors (Lipinski definition) is 1. The molecule has 1 N–H and O–H groups in total. The summed E-state index contributed by atoms with van der Waals surface area (Å²) in [6.07, 6.45) is 8.07. The molecule has 3 rings (SSSR count). The van der Waals surface area contributed by atoms with Crippen LogP contribution in [0.3, 0.4) is 0 Å². The van der Waals surface area contributed by atoms with E-state index >= 15 is 0 Å². The molecule has 1 aliphatic heterocycles. The van der Waals surface area contributed by atoms with E-state index < -0.39 is 0 Å². The van der Waals surface area contributed by atoms with Crippen molar-refractivity contribution in [3.05, 3.63) is 0 Å². The van der Waals surface area contributed by atoms with Crippen LogP contribution in [0, 0.1) is 17.8 Å². The highest BCUT2D eigenvalue weighted by molar-refractivity contribution is 5.82. The van der Waals surface area contributed by atoms with Crippen molar-refractivity contribution < 1.29 is 9.59 Å². The second kappa shape index (κ2) is 8.52. The summed E-state index contributed by atoms with van der Waals surface area (Å²) in [5.41, 5.74) is 0. The molecule has 2 atom stereocenters. The molecule has 0 unspecified atom stereocenters.